The summed E-state index contributed by atoms with van der Waals surface area (Å²) in [6, 6.07) is 16.0. The summed E-state index contributed by atoms with van der Waals surface area (Å²) in [6.45, 7) is 1.80. The molecule has 0 atom stereocenters. The van der Waals surface area contributed by atoms with Crippen molar-refractivity contribution in [2.45, 2.75) is 6.54 Å². The Balaban J connectivity index is 1.87. The number of aliphatic hydroxyl groups is 1. The van der Waals surface area contributed by atoms with Crippen molar-refractivity contribution in [1.29, 1.82) is 0 Å². The zero-order valence-corrected chi connectivity index (χ0v) is 13.3. The van der Waals surface area contributed by atoms with E-state index >= 15 is 0 Å². The van der Waals surface area contributed by atoms with Crippen LogP contribution in [0.1, 0.15) is 5.56 Å². The number of nitrogens with one attached hydrogen (secondary N) is 1. The van der Waals surface area contributed by atoms with E-state index in [2.05, 4.69) is 11.2 Å². The lowest BCUT2D eigenvalue weighted by atomic mass is 10.2. The number of aliphatic hydroxyl groups excluding tert-OH is 1. The minimum Gasteiger partial charge on any atom is -0.481 e. The van der Waals surface area contributed by atoms with E-state index in [0.717, 1.165) is 23.7 Å². The quantitative estimate of drug-likeness (QED) is 0.736. The number of ether oxygens (including phenoxy) is 1. The van der Waals surface area contributed by atoms with E-state index in [4.69, 9.17) is 16.3 Å². The van der Waals surface area contributed by atoms with Crippen molar-refractivity contribution < 1.29 is 9.84 Å². The molecule has 0 aliphatic heterocycles. The maximum atomic E-state index is 8.96. The average molecular weight is 310 g/mol. The van der Waals surface area contributed by atoms with Gasteiger partial charge in [0.1, 0.15) is 12.4 Å². The summed E-state index contributed by atoms with van der Waals surface area (Å²) >= 11 is 0. The molecule has 0 unspecified atom stereocenters. The zero-order chi connectivity index (χ0) is 16.5. The lowest BCUT2D eigenvalue weighted by molar-refractivity contribution is 0.304. The molecule has 0 radical (unpaired) electrons. The van der Waals surface area contributed by atoms with Gasteiger partial charge in [0.25, 0.3) is 0 Å². The van der Waals surface area contributed by atoms with Crippen LogP contribution in [0.4, 0.5) is 11.4 Å². The fraction of sp³-hybridized carbons (Fsp3) is 0.263. The lowest BCUT2D eigenvalue weighted by Gasteiger charge is -2.18. The van der Waals surface area contributed by atoms with Crippen LogP contribution in [0, 0.1) is 12.3 Å². The van der Waals surface area contributed by atoms with Crippen molar-refractivity contribution in [3.8, 4) is 18.1 Å². The summed E-state index contributed by atoms with van der Waals surface area (Å²) in [4.78, 5) is 2.01. The molecule has 0 bridgehead atoms. The second-order valence-corrected chi connectivity index (χ2v) is 5.18. The standard InChI is InChI=1S/C19H22N2O2/c1-3-14-23-19-10-4-16(5-11-19)15-20-17-6-8-18(9-7-17)21(2)12-13-22/h1,4-11,20,22H,12-15H2,2H3. The summed E-state index contributed by atoms with van der Waals surface area (Å²) in [5.74, 6) is 3.23. The monoisotopic (exact) mass is 310 g/mol. The van der Waals surface area contributed by atoms with Crippen molar-refractivity contribution in [2.75, 3.05) is 37.0 Å². The van der Waals surface area contributed by atoms with Crippen LogP contribution < -0.4 is 15.0 Å². The molecule has 0 amide bonds. The van der Waals surface area contributed by atoms with Crippen molar-refractivity contribution in [3.05, 3.63) is 54.1 Å². The summed E-state index contributed by atoms with van der Waals surface area (Å²) in [5, 5.41) is 12.3. The van der Waals surface area contributed by atoms with Gasteiger partial charge in [-0.2, -0.15) is 0 Å². The van der Waals surface area contributed by atoms with Crippen LogP contribution in [0.25, 0.3) is 0 Å². The normalized spacial score (nSPS) is 9.96. The van der Waals surface area contributed by atoms with Gasteiger partial charge in [0.15, 0.2) is 0 Å². The third-order valence-electron chi connectivity index (χ3n) is 3.49. The van der Waals surface area contributed by atoms with Gasteiger partial charge in [-0.1, -0.05) is 18.1 Å². The van der Waals surface area contributed by atoms with Gasteiger partial charge in [-0.05, 0) is 42.0 Å². The molecule has 2 rings (SSSR count). The van der Waals surface area contributed by atoms with Crippen LogP contribution in [0.2, 0.25) is 0 Å². The molecule has 2 N–H and O–H groups in total. The number of nitrogens with zero attached hydrogens (tertiary/aromatic N) is 1. The molecule has 4 heteroatoms. The molecule has 4 nitrogen and oxygen atoms in total. The zero-order valence-electron chi connectivity index (χ0n) is 13.3. The number of hydrogen-bond acceptors (Lipinski definition) is 4. The first kappa shape index (κ1) is 16.7. The fourth-order valence-corrected chi connectivity index (χ4v) is 2.15. The Bertz CT molecular complexity index is 630. The maximum Gasteiger partial charge on any atom is 0.148 e. The summed E-state index contributed by atoms with van der Waals surface area (Å²) in [6.07, 6.45) is 5.16. The fourth-order valence-electron chi connectivity index (χ4n) is 2.15. The molecule has 2 aromatic rings. The van der Waals surface area contributed by atoms with Gasteiger partial charge in [-0.3, -0.25) is 0 Å². The molecular formula is C19H22N2O2. The Morgan fingerprint density at radius 1 is 1.13 bits per heavy atom. The highest BCUT2D eigenvalue weighted by Crippen LogP contribution is 2.18. The van der Waals surface area contributed by atoms with E-state index in [1.165, 1.54) is 5.56 Å². The molecule has 0 aromatic heterocycles. The predicted molar refractivity (Wildman–Crippen MR) is 94.9 cm³/mol. The Labute approximate surface area is 137 Å². The first-order valence-corrected chi connectivity index (χ1v) is 7.54. The van der Waals surface area contributed by atoms with Crippen LogP contribution in [-0.4, -0.2) is 31.9 Å². The number of rotatable bonds is 8. The third-order valence-corrected chi connectivity index (χ3v) is 3.49. The highest BCUT2D eigenvalue weighted by Gasteiger charge is 2.00. The van der Waals surface area contributed by atoms with Gasteiger partial charge in [-0.25, -0.2) is 0 Å². The molecule has 0 saturated carbocycles. The van der Waals surface area contributed by atoms with E-state index in [9.17, 15) is 0 Å². The second-order valence-electron chi connectivity index (χ2n) is 5.18. The van der Waals surface area contributed by atoms with E-state index in [0.29, 0.717) is 6.54 Å². The minimum atomic E-state index is 0.150. The first-order chi connectivity index (χ1) is 11.2. The number of likely N-dealkylation sites (N-methyl/N-ethyl adjacent to an activating group) is 1. The molecule has 23 heavy (non-hydrogen) atoms. The van der Waals surface area contributed by atoms with Crippen molar-refractivity contribution in [3.63, 3.8) is 0 Å². The van der Waals surface area contributed by atoms with Crippen LogP contribution in [-0.2, 0) is 6.54 Å². The first-order valence-electron chi connectivity index (χ1n) is 7.54. The molecule has 0 heterocycles. The smallest absolute Gasteiger partial charge is 0.148 e. The van der Waals surface area contributed by atoms with Crippen LogP contribution in [0.5, 0.6) is 5.75 Å². The summed E-state index contributed by atoms with van der Waals surface area (Å²) < 4.78 is 5.35. The SMILES string of the molecule is C#CCOc1ccc(CNc2ccc(N(C)CCO)cc2)cc1. The average Bonchev–Trinajstić information content (AvgIpc) is 2.59. The van der Waals surface area contributed by atoms with Crippen molar-refractivity contribution in [1.82, 2.24) is 0 Å². The highest BCUT2D eigenvalue weighted by molar-refractivity contribution is 5.55. The number of terminal acetylenes is 1. The van der Waals surface area contributed by atoms with Crippen LogP contribution >= 0.6 is 0 Å². The highest BCUT2D eigenvalue weighted by atomic mass is 16.5. The second kappa shape index (κ2) is 8.72. The number of hydrogen-bond donors (Lipinski definition) is 2. The minimum absolute atomic E-state index is 0.150. The molecule has 120 valence electrons. The Hall–Kier alpha value is -2.64. The van der Waals surface area contributed by atoms with Gasteiger partial charge in [0, 0.05) is 31.5 Å². The lowest BCUT2D eigenvalue weighted by Crippen LogP contribution is -2.20. The molecule has 0 fully saturated rings. The molecular weight excluding hydrogens is 288 g/mol. The van der Waals surface area contributed by atoms with Crippen LogP contribution in [0.15, 0.2) is 48.5 Å². The van der Waals surface area contributed by atoms with Gasteiger partial charge < -0.3 is 20.1 Å². The maximum absolute atomic E-state index is 8.96. The molecule has 0 aliphatic carbocycles. The van der Waals surface area contributed by atoms with E-state index in [-0.39, 0.29) is 13.2 Å². The van der Waals surface area contributed by atoms with Gasteiger partial charge in [0.2, 0.25) is 0 Å². The largest absolute Gasteiger partial charge is 0.481 e. The van der Waals surface area contributed by atoms with E-state index in [1.807, 2.05) is 60.5 Å². The Morgan fingerprint density at radius 2 is 1.83 bits per heavy atom. The number of benzene rings is 2. The Kier molecular flexibility index (Phi) is 6.34. The molecule has 0 spiro atoms. The molecule has 2 aromatic carbocycles. The summed E-state index contributed by atoms with van der Waals surface area (Å²) in [5.41, 5.74) is 3.30. The number of anilines is 2. The van der Waals surface area contributed by atoms with Crippen molar-refractivity contribution in [2.24, 2.45) is 0 Å². The van der Waals surface area contributed by atoms with Gasteiger partial charge in [-0.15, -0.1) is 6.42 Å². The van der Waals surface area contributed by atoms with Gasteiger partial charge >= 0.3 is 0 Å². The summed E-state index contributed by atoms with van der Waals surface area (Å²) in [7, 11) is 1.96. The van der Waals surface area contributed by atoms with Crippen molar-refractivity contribution >= 4 is 11.4 Å². The van der Waals surface area contributed by atoms with Crippen LogP contribution in [0.3, 0.4) is 0 Å². The molecule has 0 saturated heterocycles. The van der Waals surface area contributed by atoms with E-state index < -0.39 is 0 Å². The third kappa shape index (κ3) is 5.24. The Morgan fingerprint density at radius 3 is 2.43 bits per heavy atom. The van der Waals surface area contributed by atoms with E-state index in [1.54, 1.807) is 0 Å². The predicted octanol–water partition coefficient (Wildman–Crippen LogP) is 2.74. The molecule has 0 aliphatic rings. The topological polar surface area (TPSA) is 44.7 Å². The van der Waals surface area contributed by atoms with Gasteiger partial charge in [0.05, 0.1) is 6.61 Å².